The Bertz CT molecular complexity index is 346. The zero-order valence-electron chi connectivity index (χ0n) is 11.2. The number of benzene rings is 1. The van der Waals surface area contributed by atoms with E-state index in [2.05, 4.69) is 5.32 Å². The highest BCUT2D eigenvalue weighted by molar-refractivity contribution is 6.30. The third-order valence-electron chi connectivity index (χ3n) is 2.81. The SMILES string of the molecule is Cc1cc(Cl)cc(C)c1OCCCC[NH2+]CCO. The second-order valence-electron chi connectivity index (χ2n) is 4.51. The first-order valence-corrected chi connectivity index (χ1v) is 6.85. The second-order valence-corrected chi connectivity index (χ2v) is 4.95. The molecule has 3 N–H and O–H groups in total. The van der Waals surface area contributed by atoms with E-state index in [0.29, 0.717) is 0 Å². The van der Waals surface area contributed by atoms with Crippen molar-refractivity contribution in [1.29, 1.82) is 0 Å². The van der Waals surface area contributed by atoms with Crippen LogP contribution in [0.5, 0.6) is 5.75 Å². The van der Waals surface area contributed by atoms with E-state index in [1.807, 2.05) is 26.0 Å². The van der Waals surface area contributed by atoms with Gasteiger partial charge in [0.25, 0.3) is 0 Å². The summed E-state index contributed by atoms with van der Waals surface area (Å²) in [6, 6.07) is 3.86. The van der Waals surface area contributed by atoms with Gasteiger partial charge in [0.15, 0.2) is 0 Å². The Morgan fingerprint density at radius 1 is 1.17 bits per heavy atom. The topological polar surface area (TPSA) is 46.1 Å². The van der Waals surface area contributed by atoms with Gasteiger partial charge >= 0.3 is 0 Å². The van der Waals surface area contributed by atoms with Gasteiger partial charge in [0.05, 0.1) is 26.3 Å². The van der Waals surface area contributed by atoms with Gasteiger partial charge in [-0.05, 0) is 49.9 Å². The maximum Gasteiger partial charge on any atom is 0.125 e. The monoisotopic (exact) mass is 272 g/mol. The molecule has 4 heteroatoms. The molecule has 0 atom stereocenters. The highest BCUT2D eigenvalue weighted by atomic mass is 35.5. The number of unbranched alkanes of at least 4 members (excludes halogenated alkanes) is 1. The van der Waals surface area contributed by atoms with Gasteiger partial charge in [0.1, 0.15) is 5.75 Å². The Hall–Kier alpha value is -0.770. The van der Waals surface area contributed by atoms with Crippen molar-refractivity contribution in [3.63, 3.8) is 0 Å². The molecule has 0 aliphatic heterocycles. The number of aliphatic hydroxyl groups excluding tert-OH is 1. The minimum absolute atomic E-state index is 0.250. The number of halogens is 1. The number of quaternary nitrogens is 1. The number of aryl methyl sites for hydroxylation is 2. The summed E-state index contributed by atoms with van der Waals surface area (Å²) < 4.78 is 5.81. The lowest BCUT2D eigenvalue weighted by Gasteiger charge is -2.12. The molecule has 0 saturated heterocycles. The smallest absolute Gasteiger partial charge is 0.125 e. The molecule has 0 amide bonds. The van der Waals surface area contributed by atoms with Gasteiger partial charge < -0.3 is 15.2 Å². The van der Waals surface area contributed by atoms with E-state index in [1.54, 1.807) is 0 Å². The molecule has 3 nitrogen and oxygen atoms in total. The minimum Gasteiger partial charge on any atom is -0.493 e. The van der Waals surface area contributed by atoms with Crippen molar-refractivity contribution in [3.05, 3.63) is 28.3 Å². The van der Waals surface area contributed by atoms with Crippen molar-refractivity contribution in [2.75, 3.05) is 26.3 Å². The summed E-state index contributed by atoms with van der Waals surface area (Å²) in [5.74, 6) is 0.957. The number of nitrogens with two attached hydrogens (primary N) is 1. The Balaban J connectivity index is 2.27. The lowest BCUT2D eigenvalue weighted by Crippen LogP contribution is -2.85. The van der Waals surface area contributed by atoms with Crippen LogP contribution in [-0.4, -0.2) is 31.4 Å². The largest absolute Gasteiger partial charge is 0.493 e. The van der Waals surface area contributed by atoms with E-state index in [9.17, 15) is 0 Å². The quantitative estimate of drug-likeness (QED) is 0.707. The van der Waals surface area contributed by atoms with Crippen LogP contribution < -0.4 is 10.1 Å². The first-order chi connectivity index (χ1) is 8.65. The predicted octanol–water partition coefficient (Wildman–Crippen LogP) is 1.67. The molecular weight excluding hydrogens is 250 g/mol. The molecule has 0 saturated carbocycles. The van der Waals surface area contributed by atoms with Gasteiger partial charge in [0, 0.05) is 5.02 Å². The van der Waals surface area contributed by atoms with Crippen LogP contribution >= 0.6 is 11.6 Å². The normalized spacial score (nSPS) is 10.7. The minimum atomic E-state index is 0.250. The third kappa shape index (κ3) is 5.25. The first kappa shape index (κ1) is 15.3. The maximum atomic E-state index is 8.63. The molecule has 0 heterocycles. The predicted molar refractivity (Wildman–Crippen MR) is 74.4 cm³/mol. The molecule has 102 valence electrons. The van der Waals surface area contributed by atoms with Gasteiger partial charge in [-0.1, -0.05) is 11.6 Å². The molecule has 1 aromatic rings. The second kappa shape index (κ2) is 8.35. The summed E-state index contributed by atoms with van der Waals surface area (Å²) in [5.41, 5.74) is 2.18. The molecule has 18 heavy (non-hydrogen) atoms. The zero-order chi connectivity index (χ0) is 13.4. The summed E-state index contributed by atoms with van der Waals surface area (Å²) in [6.45, 7) is 6.85. The van der Waals surface area contributed by atoms with Crippen LogP contribution in [0.1, 0.15) is 24.0 Å². The molecule has 0 spiro atoms. The van der Waals surface area contributed by atoms with Gasteiger partial charge in [-0.2, -0.15) is 0 Å². The fourth-order valence-electron chi connectivity index (χ4n) is 1.93. The Labute approximate surface area is 114 Å². The summed E-state index contributed by atoms with van der Waals surface area (Å²) in [6.07, 6.45) is 2.13. The van der Waals surface area contributed by atoms with Crippen molar-refractivity contribution < 1.29 is 15.2 Å². The molecule has 1 rings (SSSR count). The van der Waals surface area contributed by atoms with Crippen LogP contribution in [-0.2, 0) is 0 Å². The lowest BCUT2D eigenvalue weighted by molar-refractivity contribution is -0.656. The molecule has 0 aromatic heterocycles. The number of ether oxygens (including phenoxy) is 1. The molecule has 0 aliphatic rings. The molecule has 0 radical (unpaired) electrons. The van der Waals surface area contributed by atoms with Crippen LogP contribution in [0.25, 0.3) is 0 Å². The molecular formula is C14H23ClNO2+. The van der Waals surface area contributed by atoms with Crippen molar-refractivity contribution in [2.45, 2.75) is 26.7 Å². The van der Waals surface area contributed by atoms with Gasteiger partial charge in [-0.3, -0.25) is 0 Å². The highest BCUT2D eigenvalue weighted by Crippen LogP contribution is 2.27. The van der Waals surface area contributed by atoms with Crippen LogP contribution in [0, 0.1) is 13.8 Å². The fraction of sp³-hybridized carbons (Fsp3) is 0.571. The van der Waals surface area contributed by atoms with E-state index in [0.717, 1.165) is 54.4 Å². The Morgan fingerprint density at radius 2 is 1.83 bits per heavy atom. The summed E-state index contributed by atoms with van der Waals surface area (Å²) >= 11 is 5.97. The lowest BCUT2D eigenvalue weighted by atomic mass is 10.1. The Kier molecular flexibility index (Phi) is 7.09. The van der Waals surface area contributed by atoms with Gasteiger partial charge in [-0.15, -0.1) is 0 Å². The molecule has 0 bridgehead atoms. The average Bonchev–Trinajstić information content (AvgIpc) is 2.30. The van der Waals surface area contributed by atoms with E-state index < -0.39 is 0 Å². The van der Waals surface area contributed by atoms with Crippen molar-refractivity contribution >= 4 is 11.6 Å². The van der Waals surface area contributed by atoms with Crippen LogP contribution in [0.2, 0.25) is 5.02 Å². The molecule has 1 aromatic carbocycles. The summed E-state index contributed by atoms with van der Waals surface area (Å²) in [5, 5.41) is 11.5. The summed E-state index contributed by atoms with van der Waals surface area (Å²) in [4.78, 5) is 0. The Morgan fingerprint density at radius 3 is 2.44 bits per heavy atom. The van der Waals surface area contributed by atoms with Crippen molar-refractivity contribution in [1.82, 2.24) is 0 Å². The van der Waals surface area contributed by atoms with Gasteiger partial charge in [0.2, 0.25) is 0 Å². The number of aliphatic hydroxyl groups is 1. The first-order valence-electron chi connectivity index (χ1n) is 6.47. The van der Waals surface area contributed by atoms with Crippen molar-refractivity contribution in [3.8, 4) is 5.75 Å². The summed E-state index contributed by atoms with van der Waals surface area (Å²) in [7, 11) is 0. The average molecular weight is 273 g/mol. The van der Waals surface area contributed by atoms with E-state index in [1.165, 1.54) is 0 Å². The van der Waals surface area contributed by atoms with Gasteiger partial charge in [-0.25, -0.2) is 0 Å². The van der Waals surface area contributed by atoms with Crippen molar-refractivity contribution in [2.24, 2.45) is 0 Å². The van der Waals surface area contributed by atoms with E-state index >= 15 is 0 Å². The van der Waals surface area contributed by atoms with Crippen LogP contribution in [0.3, 0.4) is 0 Å². The number of rotatable bonds is 8. The molecule has 0 fully saturated rings. The van der Waals surface area contributed by atoms with Crippen LogP contribution in [0.4, 0.5) is 0 Å². The molecule has 0 unspecified atom stereocenters. The maximum absolute atomic E-state index is 8.63. The van der Waals surface area contributed by atoms with E-state index in [4.69, 9.17) is 21.4 Å². The third-order valence-corrected chi connectivity index (χ3v) is 3.03. The standard InChI is InChI=1S/C14H22ClNO2/c1-11-9-13(15)10-12(2)14(11)18-8-4-3-5-16-6-7-17/h9-10,16-17H,3-8H2,1-2H3/p+1. The highest BCUT2D eigenvalue weighted by Gasteiger charge is 2.05. The molecule has 0 aliphatic carbocycles. The fourth-order valence-corrected chi connectivity index (χ4v) is 2.25. The number of hydrogen-bond donors (Lipinski definition) is 2. The number of hydrogen-bond acceptors (Lipinski definition) is 2. The zero-order valence-corrected chi connectivity index (χ0v) is 12.0. The van der Waals surface area contributed by atoms with Crippen LogP contribution in [0.15, 0.2) is 12.1 Å². The van der Waals surface area contributed by atoms with E-state index in [-0.39, 0.29) is 6.61 Å².